The van der Waals surface area contributed by atoms with Crippen LogP contribution in [0, 0.1) is 17.0 Å². The van der Waals surface area contributed by atoms with E-state index in [1.807, 2.05) is 0 Å². The van der Waals surface area contributed by atoms with Gasteiger partial charge in [-0.25, -0.2) is 0 Å². The number of nitrogens with zero attached hydrogens (tertiary/aromatic N) is 1. The molecule has 0 saturated carbocycles. The fourth-order valence-electron chi connectivity index (χ4n) is 1.45. The number of nitro groups is 1. The van der Waals surface area contributed by atoms with Crippen LogP contribution in [0.3, 0.4) is 0 Å². The summed E-state index contributed by atoms with van der Waals surface area (Å²) >= 11 is 0. The van der Waals surface area contributed by atoms with E-state index in [4.69, 9.17) is 4.42 Å². The molecule has 0 aliphatic heterocycles. The minimum atomic E-state index is -0.507. The summed E-state index contributed by atoms with van der Waals surface area (Å²) in [5, 5.41) is 13.3. The molecule has 1 aromatic heterocycles. The number of hydrogen-bond donors (Lipinski definition) is 1. The molecule has 1 N–H and O–H groups in total. The van der Waals surface area contributed by atoms with E-state index < -0.39 is 4.92 Å². The molecule has 6 heteroatoms. The van der Waals surface area contributed by atoms with Gasteiger partial charge in [-0.05, 0) is 18.6 Å². The van der Waals surface area contributed by atoms with Gasteiger partial charge in [0.25, 0.3) is 11.6 Å². The van der Waals surface area contributed by atoms with Gasteiger partial charge >= 0.3 is 0 Å². The van der Waals surface area contributed by atoms with Crippen molar-refractivity contribution in [2.24, 2.45) is 0 Å². The Morgan fingerprint density at radius 1 is 1.39 bits per heavy atom. The van der Waals surface area contributed by atoms with E-state index in [9.17, 15) is 14.9 Å². The van der Waals surface area contributed by atoms with Crippen LogP contribution in [0.1, 0.15) is 15.9 Å². The molecule has 2 rings (SSSR count). The van der Waals surface area contributed by atoms with Gasteiger partial charge in [0.2, 0.25) is 0 Å². The summed E-state index contributed by atoms with van der Waals surface area (Å²) in [6.45, 7) is 1.76. The van der Waals surface area contributed by atoms with Gasteiger partial charge in [-0.2, -0.15) is 0 Å². The zero-order valence-corrected chi connectivity index (χ0v) is 9.54. The number of furan rings is 1. The molecular weight excluding hydrogens is 236 g/mol. The average Bonchev–Trinajstić information content (AvgIpc) is 2.85. The summed E-state index contributed by atoms with van der Waals surface area (Å²) < 4.78 is 4.80. The molecule has 0 aliphatic carbocycles. The second-order valence-corrected chi connectivity index (χ2v) is 3.72. The number of anilines is 1. The molecule has 0 unspecified atom stereocenters. The van der Waals surface area contributed by atoms with Crippen LogP contribution in [0.4, 0.5) is 11.4 Å². The van der Waals surface area contributed by atoms with E-state index in [1.54, 1.807) is 13.0 Å². The van der Waals surface area contributed by atoms with E-state index in [0.29, 0.717) is 11.3 Å². The van der Waals surface area contributed by atoms with Crippen molar-refractivity contribution in [2.45, 2.75) is 6.92 Å². The molecule has 1 heterocycles. The van der Waals surface area contributed by atoms with Crippen LogP contribution in [-0.2, 0) is 0 Å². The second-order valence-electron chi connectivity index (χ2n) is 3.72. The van der Waals surface area contributed by atoms with Crippen LogP contribution < -0.4 is 5.32 Å². The first-order chi connectivity index (χ1) is 8.58. The van der Waals surface area contributed by atoms with Crippen molar-refractivity contribution in [3.63, 3.8) is 0 Å². The Balaban J connectivity index is 2.26. The maximum Gasteiger partial charge on any atom is 0.271 e. The van der Waals surface area contributed by atoms with Crippen molar-refractivity contribution in [3.05, 3.63) is 58.0 Å². The molecule has 0 radical (unpaired) electrons. The van der Waals surface area contributed by atoms with Crippen molar-refractivity contribution in [1.29, 1.82) is 0 Å². The first-order valence-electron chi connectivity index (χ1n) is 5.16. The molecule has 2 aromatic rings. The highest BCUT2D eigenvalue weighted by Gasteiger charge is 2.12. The molecular formula is C12H10N2O4. The smallest absolute Gasteiger partial charge is 0.271 e. The zero-order chi connectivity index (χ0) is 13.1. The van der Waals surface area contributed by atoms with Crippen LogP contribution in [0.2, 0.25) is 0 Å². The lowest BCUT2D eigenvalue weighted by molar-refractivity contribution is -0.384. The molecule has 1 amide bonds. The van der Waals surface area contributed by atoms with Gasteiger partial charge in [0.05, 0.1) is 22.4 Å². The van der Waals surface area contributed by atoms with Crippen molar-refractivity contribution in [2.75, 3.05) is 5.32 Å². The van der Waals surface area contributed by atoms with Crippen LogP contribution in [0.5, 0.6) is 0 Å². The van der Waals surface area contributed by atoms with Crippen LogP contribution in [0.25, 0.3) is 0 Å². The Hall–Kier alpha value is -2.63. The molecule has 0 bridgehead atoms. The molecule has 0 fully saturated rings. The number of carbonyl (C=O) groups excluding carboxylic acids is 1. The lowest BCUT2D eigenvalue weighted by atomic mass is 10.1. The molecule has 1 aromatic carbocycles. The lowest BCUT2D eigenvalue weighted by Gasteiger charge is -2.06. The summed E-state index contributed by atoms with van der Waals surface area (Å²) in [4.78, 5) is 21.9. The number of hydrogen-bond acceptors (Lipinski definition) is 4. The Morgan fingerprint density at radius 3 is 2.78 bits per heavy atom. The molecule has 0 atom stereocenters. The third-order valence-electron chi connectivity index (χ3n) is 2.46. The largest absolute Gasteiger partial charge is 0.472 e. The number of amides is 1. The fourth-order valence-corrected chi connectivity index (χ4v) is 1.45. The first kappa shape index (κ1) is 11.8. The van der Waals surface area contributed by atoms with Gasteiger partial charge in [-0.3, -0.25) is 14.9 Å². The van der Waals surface area contributed by atoms with Gasteiger partial charge in [-0.1, -0.05) is 6.07 Å². The Bertz CT molecular complexity index is 590. The summed E-state index contributed by atoms with van der Waals surface area (Å²) in [5.41, 5.74) is 1.46. The highest BCUT2D eigenvalue weighted by atomic mass is 16.6. The van der Waals surface area contributed by atoms with E-state index >= 15 is 0 Å². The van der Waals surface area contributed by atoms with Gasteiger partial charge < -0.3 is 9.73 Å². The maximum absolute atomic E-state index is 11.8. The van der Waals surface area contributed by atoms with Gasteiger partial charge in [0.15, 0.2) is 0 Å². The third-order valence-corrected chi connectivity index (χ3v) is 2.46. The monoisotopic (exact) mass is 246 g/mol. The molecule has 6 nitrogen and oxygen atoms in total. The quantitative estimate of drug-likeness (QED) is 0.666. The van der Waals surface area contributed by atoms with Gasteiger partial charge in [0, 0.05) is 12.1 Å². The topological polar surface area (TPSA) is 85.4 Å². The molecule has 0 spiro atoms. The molecule has 0 saturated heterocycles. The maximum atomic E-state index is 11.8. The highest BCUT2D eigenvalue weighted by Crippen LogP contribution is 2.22. The Morgan fingerprint density at radius 2 is 2.17 bits per heavy atom. The number of rotatable bonds is 3. The third kappa shape index (κ3) is 2.37. The summed E-state index contributed by atoms with van der Waals surface area (Å²) in [6, 6.07) is 5.82. The number of aryl methyl sites for hydroxylation is 1. The van der Waals surface area contributed by atoms with Crippen molar-refractivity contribution >= 4 is 17.3 Å². The van der Waals surface area contributed by atoms with Crippen molar-refractivity contribution in [1.82, 2.24) is 0 Å². The number of nitrogens with one attached hydrogen (secondary N) is 1. The van der Waals surface area contributed by atoms with Gasteiger partial charge in [0.1, 0.15) is 6.26 Å². The average molecular weight is 246 g/mol. The van der Waals surface area contributed by atoms with Crippen LogP contribution in [-0.4, -0.2) is 10.8 Å². The van der Waals surface area contributed by atoms with Crippen LogP contribution >= 0.6 is 0 Å². The second kappa shape index (κ2) is 4.70. The van der Waals surface area contributed by atoms with Gasteiger partial charge in [-0.15, -0.1) is 0 Å². The fraction of sp³-hybridized carbons (Fsp3) is 0.0833. The Kier molecular flexibility index (Phi) is 3.09. The predicted octanol–water partition coefficient (Wildman–Crippen LogP) is 2.75. The first-order valence-corrected chi connectivity index (χ1v) is 5.16. The van der Waals surface area contributed by atoms with E-state index in [1.165, 1.54) is 30.7 Å². The lowest BCUT2D eigenvalue weighted by Crippen LogP contribution is -2.12. The number of nitro benzene ring substituents is 1. The summed E-state index contributed by atoms with van der Waals surface area (Å²) in [6.07, 6.45) is 2.69. The Labute approximate surface area is 102 Å². The van der Waals surface area contributed by atoms with E-state index in [-0.39, 0.29) is 11.6 Å². The minimum Gasteiger partial charge on any atom is -0.472 e. The molecule has 0 aliphatic rings. The molecule has 92 valence electrons. The van der Waals surface area contributed by atoms with E-state index in [0.717, 1.165) is 5.56 Å². The minimum absolute atomic E-state index is 0.0666. The zero-order valence-electron chi connectivity index (χ0n) is 9.54. The summed E-state index contributed by atoms with van der Waals surface area (Å²) in [5.74, 6) is -0.368. The summed E-state index contributed by atoms with van der Waals surface area (Å²) in [7, 11) is 0. The van der Waals surface area contributed by atoms with Crippen molar-refractivity contribution in [3.8, 4) is 0 Å². The van der Waals surface area contributed by atoms with E-state index in [2.05, 4.69) is 5.32 Å². The standard InChI is InChI=1S/C12H10N2O4/c1-8-2-3-10(14(16)17)6-11(8)13-12(15)9-4-5-18-7-9/h2-7H,1H3,(H,13,15). The number of non-ortho nitro benzene ring substituents is 1. The predicted molar refractivity (Wildman–Crippen MR) is 64.5 cm³/mol. The van der Waals surface area contributed by atoms with Crippen molar-refractivity contribution < 1.29 is 14.1 Å². The SMILES string of the molecule is Cc1ccc([N+](=O)[O-])cc1NC(=O)c1ccoc1. The number of benzene rings is 1. The normalized spacial score (nSPS) is 10.1. The number of carbonyl (C=O) groups is 1. The highest BCUT2D eigenvalue weighted by molar-refractivity contribution is 6.04. The molecule has 18 heavy (non-hydrogen) atoms. The van der Waals surface area contributed by atoms with Crippen LogP contribution in [0.15, 0.2) is 41.2 Å².